The molecule has 0 aliphatic carbocycles. The van der Waals surface area contributed by atoms with Crippen molar-refractivity contribution in [3.63, 3.8) is 0 Å². The van der Waals surface area contributed by atoms with Crippen molar-refractivity contribution < 1.29 is 14.3 Å². The van der Waals surface area contributed by atoms with E-state index in [0.717, 1.165) is 11.1 Å². The fourth-order valence-electron chi connectivity index (χ4n) is 1.88. The number of halogens is 1. The number of hydrogen-bond donors (Lipinski definition) is 2. The molecule has 1 aromatic carbocycles. The standard InChI is InChI=1S/C16H17FN2O2S/c1-11-2-3-14(17)13(8-11)16(21)19-15-9-12(4-5-18-15)10-22-7-6-20/h2-5,8-9,20H,6-7,10H2,1H3,(H,18,19,21). The van der Waals surface area contributed by atoms with Crippen LogP contribution in [0.4, 0.5) is 10.2 Å². The van der Waals surface area contributed by atoms with Gasteiger partial charge in [0.15, 0.2) is 0 Å². The van der Waals surface area contributed by atoms with Crippen molar-refractivity contribution in [2.45, 2.75) is 12.7 Å². The lowest BCUT2D eigenvalue weighted by atomic mass is 10.1. The van der Waals surface area contributed by atoms with Gasteiger partial charge in [-0.05, 0) is 36.8 Å². The molecule has 22 heavy (non-hydrogen) atoms. The third-order valence-electron chi connectivity index (χ3n) is 2.94. The Hall–Kier alpha value is -1.92. The van der Waals surface area contributed by atoms with E-state index in [1.807, 2.05) is 6.07 Å². The van der Waals surface area contributed by atoms with Gasteiger partial charge in [0.1, 0.15) is 11.6 Å². The van der Waals surface area contributed by atoms with Crippen molar-refractivity contribution in [3.8, 4) is 0 Å². The van der Waals surface area contributed by atoms with Crippen LogP contribution in [0.1, 0.15) is 21.5 Å². The minimum Gasteiger partial charge on any atom is -0.396 e. The number of nitrogens with one attached hydrogen (secondary N) is 1. The van der Waals surface area contributed by atoms with Crippen molar-refractivity contribution >= 4 is 23.5 Å². The molecular formula is C16H17FN2O2S. The highest BCUT2D eigenvalue weighted by Crippen LogP contribution is 2.16. The quantitative estimate of drug-likeness (QED) is 0.803. The number of aliphatic hydroxyl groups is 1. The Kier molecular flexibility index (Phi) is 5.91. The number of aryl methyl sites for hydroxylation is 1. The maximum Gasteiger partial charge on any atom is 0.259 e. The fraction of sp³-hybridized carbons (Fsp3) is 0.250. The minimum atomic E-state index is -0.558. The summed E-state index contributed by atoms with van der Waals surface area (Å²) in [6, 6.07) is 7.98. The van der Waals surface area contributed by atoms with Crippen LogP contribution in [-0.4, -0.2) is 28.4 Å². The Morgan fingerprint density at radius 2 is 2.18 bits per heavy atom. The number of amides is 1. The largest absolute Gasteiger partial charge is 0.396 e. The van der Waals surface area contributed by atoms with Crippen LogP contribution >= 0.6 is 11.8 Å². The van der Waals surface area contributed by atoms with Gasteiger partial charge in [-0.25, -0.2) is 9.37 Å². The van der Waals surface area contributed by atoms with Gasteiger partial charge in [0, 0.05) is 17.7 Å². The predicted octanol–water partition coefficient (Wildman–Crippen LogP) is 3.01. The number of aliphatic hydroxyl groups excluding tert-OH is 1. The topological polar surface area (TPSA) is 62.2 Å². The van der Waals surface area contributed by atoms with Gasteiger partial charge in [0.05, 0.1) is 12.2 Å². The summed E-state index contributed by atoms with van der Waals surface area (Å²) >= 11 is 1.58. The van der Waals surface area contributed by atoms with Gasteiger partial charge >= 0.3 is 0 Å². The third kappa shape index (κ3) is 4.54. The third-order valence-corrected chi connectivity index (χ3v) is 3.95. The molecule has 1 aromatic heterocycles. The molecule has 0 fully saturated rings. The van der Waals surface area contributed by atoms with Crippen molar-refractivity contribution in [1.82, 2.24) is 4.98 Å². The Morgan fingerprint density at radius 1 is 1.36 bits per heavy atom. The molecule has 2 N–H and O–H groups in total. The molecule has 4 nitrogen and oxygen atoms in total. The molecule has 0 aliphatic rings. The number of rotatable bonds is 6. The minimum absolute atomic E-state index is 0.00172. The second kappa shape index (κ2) is 7.91. The van der Waals surface area contributed by atoms with E-state index in [1.54, 1.807) is 37.0 Å². The number of hydrogen-bond acceptors (Lipinski definition) is 4. The average Bonchev–Trinajstić information content (AvgIpc) is 2.50. The first-order valence-electron chi connectivity index (χ1n) is 6.81. The van der Waals surface area contributed by atoms with E-state index < -0.39 is 11.7 Å². The second-order valence-electron chi connectivity index (χ2n) is 4.76. The van der Waals surface area contributed by atoms with Crippen LogP contribution in [0.3, 0.4) is 0 Å². The molecule has 0 saturated carbocycles. The molecule has 0 atom stereocenters. The summed E-state index contributed by atoms with van der Waals surface area (Å²) in [7, 11) is 0. The maximum absolute atomic E-state index is 13.7. The van der Waals surface area contributed by atoms with Gasteiger partial charge in [-0.2, -0.15) is 11.8 Å². The molecule has 2 aromatic rings. The smallest absolute Gasteiger partial charge is 0.259 e. The summed E-state index contributed by atoms with van der Waals surface area (Å²) < 4.78 is 13.7. The normalized spacial score (nSPS) is 10.5. The van der Waals surface area contributed by atoms with Gasteiger partial charge in [-0.15, -0.1) is 0 Å². The zero-order chi connectivity index (χ0) is 15.9. The van der Waals surface area contributed by atoms with Gasteiger partial charge in [-0.1, -0.05) is 11.6 Å². The van der Waals surface area contributed by atoms with Crippen LogP contribution in [0, 0.1) is 12.7 Å². The first-order valence-corrected chi connectivity index (χ1v) is 7.96. The number of thioether (sulfide) groups is 1. The lowest BCUT2D eigenvalue weighted by Gasteiger charge is -2.08. The van der Waals surface area contributed by atoms with Crippen molar-refractivity contribution in [3.05, 3.63) is 59.0 Å². The van der Waals surface area contributed by atoms with E-state index >= 15 is 0 Å². The number of benzene rings is 1. The molecule has 0 unspecified atom stereocenters. The van der Waals surface area contributed by atoms with Crippen LogP contribution in [0.15, 0.2) is 36.5 Å². The molecule has 116 valence electrons. The lowest BCUT2D eigenvalue weighted by Crippen LogP contribution is -2.15. The number of carbonyl (C=O) groups excluding carboxylic acids is 1. The van der Waals surface area contributed by atoms with Gasteiger partial charge < -0.3 is 10.4 Å². The Bertz CT molecular complexity index is 664. The molecule has 1 amide bonds. The molecule has 1 heterocycles. The first-order chi connectivity index (χ1) is 10.6. The summed E-state index contributed by atoms with van der Waals surface area (Å²) in [6.07, 6.45) is 1.59. The van der Waals surface area contributed by atoms with Crippen molar-refractivity contribution in [1.29, 1.82) is 0 Å². The van der Waals surface area contributed by atoms with Gasteiger partial charge in [0.2, 0.25) is 0 Å². The highest BCUT2D eigenvalue weighted by atomic mass is 32.2. The molecule has 2 rings (SSSR count). The van der Waals surface area contributed by atoms with Crippen LogP contribution in [0.2, 0.25) is 0 Å². The van der Waals surface area contributed by atoms with E-state index in [2.05, 4.69) is 10.3 Å². The highest BCUT2D eigenvalue weighted by molar-refractivity contribution is 7.98. The number of pyridine rings is 1. The second-order valence-corrected chi connectivity index (χ2v) is 5.87. The van der Waals surface area contributed by atoms with Crippen LogP contribution in [-0.2, 0) is 5.75 Å². The molecule has 0 bridgehead atoms. The summed E-state index contributed by atoms with van der Waals surface area (Å²) in [5, 5.41) is 11.4. The van der Waals surface area contributed by atoms with E-state index in [1.165, 1.54) is 12.1 Å². The average molecular weight is 320 g/mol. The molecule has 0 spiro atoms. The van der Waals surface area contributed by atoms with Crippen molar-refractivity contribution in [2.75, 3.05) is 17.7 Å². The van der Waals surface area contributed by atoms with Gasteiger partial charge in [-0.3, -0.25) is 4.79 Å². The van der Waals surface area contributed by atoms with Crippen molar-refractivity contribution in [2.24, 2.45) is 0 Å². The number of carbonyl (C=O) groups is 1. The zero-order valence-electron chi connectivity index (χ0n) is 12.2. The maximum atomic E-state index is 13.7. The summed E-state index contributed by atoms with van der Waals surface area (Å²) in [5.74, 6) is 0.670. The molecule has 0 aliphatic heterocycles. The van der Waals surface area contributed by atoms with E-state index in [4.69, 9.17) is 5.11 Å². The Balaban J connectivity index is 2.08. The Morgan fingerprint density at radius 3 is 2.95 bits per heavy atom. The molecule has 6 heteroatoms. The SMILES string of the molecule is Cc1ccc(F)c(C(=O)Nc2cc(CSCCO)ccn2)c1. The zero-order valence-corrected chi connectivity index (χ0v) is 13.0. The number of aromatic nitrogens is 1. The predicted molar refractivity (Wildman–Crippen MR) is 86.6 cm³/mol. The summed E-state index contributed by atoms with van der Waals surface area (Å²) in [4.78, 5) is 16.2. The molecule has 0 saturated heterocycles. The number of nitrogens with zero attached hydrogens (tertiary/aromatic N) is 1. The van der Waals surface area contributed by atoms with E-state index in [0.29, 0.717) is 17.3 Å². The fourth-order valence-corrected chi connectivity index (χ4v) is 2.57. The monoisotopic (exact) mass is 320 g/mol. The summed E-state index contributed by atoms with van der Waals surface area (Å²) in [6.45, 7) is 1.93. The molecule has 0 radical (unpaired) electrons. The van der Waals surface area contributed by atoms with Crippen LogP contribution < -0.4 is 5.32 Å². The first kappa shape index (κ1) is 16.5. The van der Waals surface area contributed by atoms with E-state index in [-0.39, 0.29) is 12.2 Å². The van der Waals surface area contributed by atoms with Gasteiger partial charge in [0.25, 0.3) is 5.91 Å². The Labute approximate surface area is 132 Å². The highest BCUT2D eigenvalue weighted by Gasteiger charge is 2.12. The summed E-state index contributed by atoms with van der Waals surface area (Å²) in [5.41, 5.74) is 1.80. The molecular weight excluding hydrogens is 303 g/mol. The van der Waals surface area contributed by atoms with Crippen LogP contribution in [0.5, 0.6) is 0 Å². The lowest BCUT2D eigenvalue weighted by molar-refractivity contribution is 0.102. The van der Waals surface area contributed by atoms with Crippen LogP contribution in [0.25, 0.3) is 0 Å². The number of anilines is 1. The van der Waals surface area contributed by atoms with E-state index in [9.17, 15) is 9.18 Å².